The van der Waals surface area contributed by atoms with E-state index in [1.165, 1.54) is 0 Å². The molecule has 1 atom stereocenters. The Balaban J connectivity index is 1.51. The number of aryl methyl sites for hydroxylation is 1. The molecule has 6 nitrogen and oxygen atoms in total. The van der Waals surface area contributed by atoms with Crippen LogP contribution in [0.25, 0.3) is 0 Å². The summed E-state index contributed by atoms with van der Waals surface area (Å²) in [5.41, 5.74) is 1.52. The molecule has 0 fully saturated rings. The molecule has 0 aliphatic carbocycles. The van der Waals surface area contributed by atoms with Crippen molar-refractivity contribution in [1.82, 2.24) is 15.5 Å². The minimum atomic E-state index is -0.192. The minimum Gasteiger partial charge on any atom is -0.485 e. The van der Waals surface area contributed by atoms with Crippen LogP contribution in [0, 0.1) is 6.92 Å². The van der Waals surface area contributed by atoms with Gasteiger partial charge in [-0.1, -0.05) is 28.9 Å². The number of halogens is 1. The molecule has 1 aliphatic rings. The van der Waals surface area contributed by atoms with Gasteiger partial charge < -0.3 is 14.6 Å². The zero-order valence-corrected chi connectivity index (χ0v) is 16.7. The molecule has 0 saturated heterocycles. The van der Waals surface area contributed by atoms with Crippen molar-refractivity contribution in [2.24, 2.45) is 0 Å². The molecule has 1 aliphatic heterocycles. The first kappa shape index (κ1) is 18.8. The lowest BCUT2D eigenvalue weighted by Gasteiger charge is -2.26. The SMILES string of the molecule is Cc1nc(COc2ccccc2C(=O)NC2CCSc3ccc(Cl)cc32)no1. The molecule has 28 heavy (non-hydrogen) atoms. The molecule has 0 saturated carbocycles. The van der Waals surface area contributed by atoms with Crippen molar-refractivity contribution in [2.45, 2.75) is 30.9 Å². The number of nitrogens with one attached hydrogen (secondary N) is 1. The molecule has 1 N–H and O–H groups in total. The lowest BCUT2D eigenvalue weighted by atomic mass is 10.0. The number of nitrogens with zero attached hydrogens (tertiary/aromatic N) is 2. The fraction of sp³-hybridized carbons (Fsp3) is 0.250. The first-order chi connectivity index (χ1) is 13.6. The van der Waals surface area contributed by atoms with E-state index in [2.05, 4.69) is 15.5 Å². The molecule has 144 valence electrons. The van der Waals surface area contributed by atoms with Gasteiger partial charge in [0.1, 0.15) is 5.75 Å². The number of ether oxygens (including phenoxy) is 1. The number of hydrogen-bond acceptors (Lipinski definition) is 6. The Morgan fingerprint density at radius 3 is 3.04 bits per heavy atom. The van der Waals surface area contributed by atoms with Crippen molar-refractivity contribution in [3.63, 3.8) is 0 Å². The van der Waals surface area contributed by atoms with E-state index in [4.69, 9.17) is 20.9 Å². The van der Waals surface area contributed by atoms with Crippen molar-refractivity contribution in [2.75, 3.05) is 5.75 Å². The van der Waals surface area contributed by atoms with Crippen molar-refractivity contribution >= 4 is 29.3 Å². The Kier molecular flexibility index (Phi) is 5.54. The molecular formula is C20H18ClN3O3S. The van der Waals surface area contributed by atoms with Gasteiger partial charge in [-0.05, 0) is 42.3 Å². The summed E-state index contributed by atoms with van der Waals surface area (Å²) in [6.45, 7) is 1.84. The van der Waals surface area contributed by atoms with Crippen LogP contribution in [-0.4, -0.2) is 21.8 Å². The number of amides is 1. The third kappa shape index (κ3) is 4.15. The molecule has 8 heteroatoms. The van der Waals surface area contributed by atoms with Crippen molar-refractivity contribution < 1.29 is 14.1 Å². The van der Waals surface area contributed by atoms with Crippen LogP contribution in [-0.2, 0) is 6.61 Å². The fourth-order valence-corrected chi connectivity index (χ4v) is 4.36. The van der Waals surface area contributed by atoms with Crippen molar-refractivity contribution in [1.29, 1.82) is 0 Å². The summed E-state index contributed by atoms with van der Waals surface area (Å²) < 4.78 is 10.7. The molecule has 2 aromatic carbocycles. The van der Waals surface area contributed by atoms with Gasteiger partial charge in [-0.25, -0.2) is 0 Å². The van der Waals surface area contributed by atoms with E-state index in [-0.39, 0.29) is 18.6 Å². The molecule has 1 amide bonds. The standard InChI is InChI=1S/C20H18ClN3O3S/c1-12-22-19(24-27-12)11-26-17-5-3-2-4-14(17)20(25)23-16-8-9-28-18-7-6-13(21)10-15(16)18/h2-7,10,16H,8-9,11H2,1H3,(H,23,25). The maximum absolute atomic E-state index is 13.0. The van der Waals surface area contributed by atoms with Gasteiger partial charge in [-0.15, -0.1) is 11.8 Å². The van der Waals surface area contributed by atoms with E-state index in [1.54, 1.807) is 30.8 Å². The molecule has 1 aromatic heterocycles. The summed E-state index contributed by atoms with van der Waals surface area (Å²) in [6, 6.07) is 12.8. The molecule has 0 radical (unpaired) electrons. The van der Waals surface area contributed by atoms with Crippen LogP contribution >= 0.6 is 23.4 Å². The highest BCUT2D eigenvalue weighted by molar-refractivity contribution is 7.99. The smallest absolute Gasteiger partial charge is 0.255 e. The van der Waals surface area contributed by atoms with Crippen LogP contribution < -0.4 is 10.1 Å². The lowest BCUT2D eigenvalue weighted by Crippen LogP contribution is -2.31. The number of rotatable bonds is 5. The van der Waals surface area contributed by atoms with Gasteiger partial charge in [-0.2, -0.15) is 4.98 Å². The van der Waals surface area contributed by atoms with Gasteiger partial charge in [0.05, 0.1) is 11.6 Å². The van der Waals surface area contributed by atoms with E-state index >= 15 is 0 Å². The summed E-state index contributed by atoms with van der Waals surface area (Å²) in [5, 5.41) is 7.59. The number of carbonyl (C=O) groups excluding carboxylic acids is 1. The molecule has 1 unspecified atom stereocenters. The maximum atomic E-state index is 13.0. The summed E-state index contributed by atoms with van der Waals surface area (Å²) >= 11 is 7.94. The number of carbonyl (C=O) groups is 1. The molecule has 4 rings (SSSR count). The van der Waals surface area contributed by atoms with Crippen molar-refractivity contribution in [3.8, 4) is 5.75 Å². The number of aromatic nitrogens is 2. The second kappa shape index (κ2) is 8.24. The van der Waals surface area contributed by atoms with E-state index in [0.717, 1.165) is 22.6 Å². The van der Waals surface area contributed by atoms with Gasteiger partial charge in [0.15, 0.2) is 6.61 Å². The zero-order valence-electron chi connectivity index (χ0n) is 15.1. The average molecular weight is 416 g/mol. The predicted octanol–water partition coefficient (Wildman–Crippen LogP) is 4.58. The van der Waals surface area contributed by atoms with Gasteiger partial charge in [0.2, 0.25) is 11.7 Å². The van der Waals surface area contributed by atoms with Crippen LogP contribution in [0.3, 0.4) is 0 Å². The number of para-hydroxylation sites is 1. The highest BCUT2D eigenvalue weighted by Gasteiger charge is 2.24. The topological polar surface area (TPSA) is 77.2 Å². The molecule has 0 bridgehead atoms. The van der Waals surface area contributed by atoms with Crippen LogP contribution in [0.15, 0.2) is 51.9 Å². The summed E-state index contributed by atoms with van der Waals surface area (Å²) in [7, 11) is 0. The average Bonchev–Trinajstić information content (AvgIpc) is 3.12. The summed E-state index contributed by atoms with van der Waals surface area (Å²) in [4.78, 5) is 18.2. The van der Waals surface area contributed by atoms with Crippen LogP contribution in [0.1, 0.15) is 40.1 Å². The molecular weight excluding hydrogens is 398 g/mol. The monoisotopic (exact) mass is 415 g/mol. The van der Waals surface area contributed by atoms with Crippen LogP contribution in [0.2, 0.25) is 5.02 Å². The Bertz CT molecular complexity index is 1010. The fourth-order valence-electron chi connectivity index (χ4n) is 3.07. The second-order valence-electron chi connectivity index (χ2n) is 6.36. The second-order valence-corrected chi connectivity index (χ2v) is 7.93. The Morgan fingerprint density at radius 1 is 1.36 bits per heavy atom. The minimum absolute atomic E-state index is 0.0876. The number of thioether (sulfide) groups is 1. The quantitative estimate of drug-likeness (QED) is 0.657. The van der Waals surface area contributed by atoms with Gasteiger partial charge in [0, 0.05) is 22.6 Å². The Labute approximate surface area is 171 Å². The van der Waals surface area contributed by atoms with Crippen LogP contribution in [0.4, 0.5) is 0 Å². The summed E-state index contributed by atoms with van der Waals surface area (Å²) in [6.07, 6.45) is 0.842. The molecule has 3 aromatic rings. The molecule has 2 heterocycles. The van der Waals surface area contributed by atoms with E-state index in [1.807, 2.05) is 30.3 Å². The predicted molar refractivity (Wildman–Crippen MR) is 107 cm³/mol. The highest BCUT2D eigenvalue weighted by Crippen LogP contribution is 2.37. The van der Waals surface area contributed by atoms with Gasteiger partial charge in [-0.3, -0.25) is 4.79 Å². The van der Waals surface area contributed by atoms with E-state index in [0.29, 0.717) is 28.1 Å². The van der Waals surface area contributed by atoms with Crippen molar-refractivity contribution in [3.05, 3.63) is 70.3 Å². The number of fused-ring (bicyclic) bond motifs is 1. The molecule has 0 spiro atoms. The van der Waals surface area contributed by atoms with E-state index < -0.39 is 0 Å². The number of hydrogen-bond donors (Lipinski definition) is 1. The Morgan fingerprint density at radius 2 is 2.21 bits per heavy atom. The largest absolute Gasteiger partial charge is 0.485 e. The third-order valence-electron chi connectivity index (χ3n) is 4.37. The van der Waals surface area contributed by atoms with E-state index in [9.17, 15) is 4.79 Å². The highest BCUT2D eigenvalue weighted by atomic mass is 35.5. The normalized spacial score (nSPS) is 15.7. The Hall–Kier alpha value is -2.51. The number of benzene rings is 2. The maximum Gasteiger partial charge on any atom is 0.255 e. The first-order valence-electron chi connectivity index (χ1n) is 8.84. The zero-order chi connectivity index (χ0) is 19.5. The van der Waals surface area contributed by atoms with Crippen LogP contribution in [0.5, 0.6) is 5.75 Å². The van der Waals surface area contributed by atoms with Gasteiger partial charge >= 0.3 is 0 Å². The lowest BCUT2D eigenvalue weighted by molar-refractivity contribution is 0.0930. The van der Waals surface area contributed by atoms with Gasteiger partial charge in [0.25, 0.3) is 5.91 Å². The third-order valence-corrected chi connectivity index (χ3v) is 5.73. The summed E-state index contributed by atoms with van der Waals surface area (Å²) in [5.74, 6) is 2.12. The first-order valence-corrected chi connectivity index (χ1v) is 10.2.